The molecule has 0 aliphatic carbocycles. The van der Waals surface area contributed by atoms with E-state index in [1.165, 1.54) is 14.2 Å². The van der Waals surface area contributed by atoms with Gasteiger partial charge in [0.15, 0.2) is 17.8 Å². The number of carbonyl (C=O) groups excluding carboxylic acids is 4. The first-order valence-electron chi connectivity index (χ1n) is 20.3. The number of hydrogen-bond acceptors (Lipinski definition) is 14. The number of ether oxygens (including phenoxy) is 2. The fourth-order valence-electron chi connectivity index (χ4n) is 7.11. The van der Waals surface area contributed by atoms with Crippen LogP contribution in [0.25, 0.3) is 28.6 Å². The zero-order valence-electron chi connectivity index (χ0n) is 36.1. The van der Waals surface area contributed by atoms with Crippen LogP contribution in [0, 0.1) is 0 Å². The number of likely N-dealkylation sites (tertiary alicyclic amines) is 2. The highest BCUT2D eigenvalue weighted by Gasteiger charge is 2.36. The molecule has 2 aromatic carbocycles. The van der Waals surface area contributed by atoms with Crippen LogP contribution in [0.5, 0.6) is 0 Å². The molecule has 0 saturated carbocycles. The normalized spacial score (nSPS) is 16.4. The Morgan fingerprint density at radius 1 is 0.889 bits per heavy atom. The minimum atomic E-state index is -0.669. The van der Waals surface area contributed by atoms with Gasteiger partial charge in [0.1, 0.15) is 12.6 Å². The van der Waals surface area contributed by atoms with E-state index >= 15 is 0 Å². The quantitative estimate of drug-likeness (QED) is 0.0844. The first kappa shape index (κ1) is 48.5. The predicted molar refractivity (Wildman–Crippen MR) is 239 cm³/mol. The van der Waals surface area contributed by atoms with E-state index in [2.05, 4.69) is 62.7 Å². The molecule has 0 radical (unpaired) electrons. The Hall–Kier alpha value is -7.18. The summed E-state index contributed by atoms with van der Waals surface area (Å²) in [4.78, 5) is 77.2. The molecule has 18 heteroatoms. The molecule has 5 heterocycles. The van der Waals surface area contributed by atoms with Crippen molar-refractivity contribution in [1.82, 2.24) is 50.3 Å². The van der Waals surface area contributed by atoms with E-state index in [9.17, 15) is 14.4 Å². The second-order valence-corrected chi connectivity index (χ2v) is 14.0. The van der Waals surface area contributed by atoms with Crippen LogP contribution in [0.3, 0.4) is 0 Å². The molecule has 4 atom stereocenters. The lowest BCUT2D eigenvalue weighted by atomic mass is 10.1. The first-order chi connectivity index (χ1) is 30.8. The molecule has 0 spiro atoms. The molecule has 3 aromatic heterocycles. The van der Waals surface area contributed by atoms with Gasteiger partial charge in [-0.05, 0) is 57.5 Å². The maximum absolute atomic E-state index is 13.5. The van der Waals surface area contributed by atoms with Gasteiger partial charge in [0, 0.05) is 74.9 Å². The number of nitrogens with zero attached hydrogens (tertiary/aromatic N) is 8. The van der Waals surface area contributed by atoms with Crippen LogP contribution < -0.4 is 16.4 Å². The third kappa shape index (κ3) is 13.2. The highest BCUT2D eigenvalue weighted by atomic mass is 16.5. The number of rotatable bonds is 14. The summed E-state index contributed by atoms with van der Waals surface area (Å²) in [6.45, 7) is 9.49. The molecular weight excluding hydrogens is 805 g/mol. The molecule has 332 valence electrons. The van der Waals surface area contributed by atoms with E-state index in [1.54, 1.807) is 44.3 Å². The molecule has 0 bridgehead atoms. The molecule has 63 heavy (non-hydrogen) atoms. The zero-order valence-corrected chi connectivity index (χ0v) is 36.1. The van der Waals surface area contributed by atoms with E-state index in [1.807, 2.05) is 84.2 Å². The van der Waals surface area contributed by atoms with Crippen molar-refractivity contribution < 1.29 is 28.7 Å². The monoisotopic (exact) mass is 860 g/mol. The second kappa shape index (κ2) is 25.6. The second-order valence-electron chi connectivity index (χ2n) is 14.0. The van der Waals surface area contributed by atoms with Crippen molar-refractivity contribution in [3.63, 3.8) is 0 Å². The van der Waals surface area contributed by atoms with Crippen molar-refractivity contribution in [2.45, 2.75) is 56.8 Å². The lowest BCUT2D eigenvalue weighted by Gasteiger charge is -2.27. The molecule has 2 fully saturated rings. The van der Waals surface area contributed by atoms with Crippen LogP contribution in [0.1, 0.15) is 73.3 Å². The van der Waals surface area contributed by atoms with E-state index in [0.717, 1.165) is 66.6 Å². The number of hydrogen-bond donors (Lipinski definition) is 4. The molecule has 18 nitrogen and oxygen atoms in total. The van der Waals surface area contributed by atoms with Crippen LogP contribution in [0.4, 0.5) is 4.79 Å². The number of methoxy groups -OCH3 is 2. The third-order valence-corrected chi connectivity index (χ3v) is 10.3. The van der Waals surface area contributed by atoms with Gasteiger partial charge in [0.2, 0.25) is 6.41 Å². The molecule has 1 unspecified atom stereocenters. The largest absolute Gasteiger partial charge is 0.453 e. The fourth-order valence-corrected chi connectivity index (χ4v) is 7.11. The van der Waals surface area contributed by atoms with Crippen LogP contribution in [-0.2, 0) is 23.9 Å². The van der Waals surface area contributed by atoms with Gasteiger partial charge in [0.25, 0.3) is 5.91 Å². The van der Waals surface area contributed by atoms with Crippen molar-refractivity contribution in [3.05, 3.63) is 120 Å². The highest BCUT2D eigenvalue weighted by Crippen LogP contribution is 2.34. The topological polar surface area (TPSA) is 236 Å². The Morgan fingerprint density at radius 3 is 2.08 bits per heavy atom. The van der Waals surface area contributed by atoms with Gasteiger partial charge in [-0.3, -0.25) is 14.6 Å². The standard InChI is InChI=1S/C33H36N10O3.C10H13NO2.CH5N.CH2O/c1-34-19-26(35-18-25-10-6-12-42(25)21-44)23-14-36-31(37-15-23)32-38-16-24(17-39-32)27-20-40-30(41-27)28-11-7-13-43(28)33(45)29(46-2)22-8-4-3-5-9-22;1-8(11-10(12)13-2)9-6-4-3-5-7-9;2*1-2/h3-5,8-9,14-17,19-21,25,28-29,35H,1,6-7,10-13,18H2,2H3,(H,40,41);3-8H,1-2H3,(H,11,12);2H2,1H3;1H2/b26-19-;;;/t25-,28-,29?;8-;;/m00../s1. The number of aromatic nitrogens is 6. The van der Waals surface area contributed by atoms with E-state index < -0.39 is 12.2 Å². The Labute approximate surface area is 367 Å². The zero-order chi connectivity index (χ0) is 45.6. The third-order valence-electron chi connectivity index (χ3n) is 10.3. The maximum atomic E-state index is 13.5. The predicted octanol–water partition coefficient (Wildman–Crippen LogP) is 5.08. The number of H-pyrrole nitrogens is 1. The van der Waals surface area contributed by atoms with Gasteiger partial charge in [-0.1, -0.05) is 60.7 Å². The molecule has 5 N–H and O–H groups in total. The van der Waals surface area contributed by atoms with Crippen molar-refractivity contribution in [3.8, 4) is 22.9 Å². The Balaban J connectivity index is 0.000000435. The lowest BCUT2D eigenvalue weighted by molar-refractivity contribution is -0.143. The molecule has 3 amide bonds. The number of carbonyl (C=O) groups is 4. The average molecular weight is 861 g/mol. The summed E-state index contributed by atoms with van der Waals surface area (Å²) in [6, 6.07) is 19.2. The number of imidazole rings is 1. The fraction of sp³-hybridized carbons (Fsp3) is 0.333. The van der Waals surface area contributed by atoms with Crippen LogP contribution in [0.2, 0.25) is 0 Å². The van der Waals surface area contributed by atoms with Crippen LogP contribution in [-0.4, -0.2) is 119 Å². The lowest BCUT2D eigenvalue weighted by Crippen LogP contribution is -2.36. The van der Waals surface area contributed by atoms with Crippen molar-refractivity contribution in [1.29, 1.82) is 0 Å². The van der Waals surface area contributed by atoms with Gasteiger partial charge < -0.3 is 45.4 Å². The Morgan fingerprint density at radius 2 is 1.49 bits per heavy atom. The molecule has 2 aliphatic rings. The molecule has 2 saturated heterocycles. The number of amides is 3. The number of aromatic amines is 1. The summed E-state index contributed by atoms with van der Waals surface area (Å²) in [6.07, 6.45) is 13.5. The van der Waals surface area contributed by atoms with E-state index in [0.29, 0.717) is 36.3 Å². The summed E-state index contributed by atoms with van der Waals surface area (Å²) >= 11 is 0. The van der Waals surface area contributed by atoms with Gasteiger partial charge in [0.05, 0.1) is 36.8 Å². The number of benzene rings is 2. The SMILES string of the molecule is C=N/C=C(\NC[C@@H]1CCCN1C=O)c1cnc(-c2ncc(-c3cnc([C@@H]4CCCN4C(=O)C(OC)c4ccccc4)[nH]3)cn2)nc1.C=O.CN.COC(=O)N[C@@H](C)c1ccccc1. The summed E-state index contributed by atoms with van der Waals surface area (Å²) in [5.41, 5.74) is 9.33. The summed E-state index contributed by atoms with van der Waals surface area (Å²) < 4.78 is 10.1. The summed E-state index contributed by atoms with van der Waals surface area (Å²) in [5.74, 6) is 1.39. The minimum Gasteiger partial charge on any atom is -0.453 e. The Kier molecular flexibility index (Phi) is 19.7. The Bertz CT molecular complexity index is 2190. The number of aliphatic imine (C=N–C) groups is 1. The van der Waals surface area contributed by atoms with Crippen LogP contribution in [0.15, 0.2) is 103 Å². The van der Waals surface area contributed by atoms with Gasteiger partial charge in [-0.25, -0.2) is 29.7 Å². The van der Waals surface area contributed by atoms with Crippen molar-refractivity contribution in [2.24, 2.45) is 10.7 Å². The first-order valence-corrected chi connectivity index (χ1v) is 20.3. The summed E-state index contributed by atoms with van der Waals surface area (Å²) in [7, 11) is 4.41. The number of nitrogens with two attached hydrogens (primary N) is 1. The minimum absolute atomic E-state index is 0.0198. The number of nitrogens with one attached hydrogen (secondary N) is 3. The van der Waals surface area contributed by atoms with Gasteiger partial charge in [-0.15, -0.1) is 0 Å². The number of alkyl carbamates (subject to hydrolysis) is 1. The maximum Gasteiger partial charge on any atom is 0.407 e. The summed E-state index contributed by atoms with van der Waals surface area (Å²) in [5, 5.41) is 6.04. The molecule has 2 aliphatic heterocycles. The van der Waals surface area contributed by atoms with Crippen molar-refractivity contribution in [2.75, 3.05) is 40.9 Å². The smallest absolute Gasteiger partial charge is 0.407 e. The molecular formula is C45H56N12O6. The van der Waals surface area contributed by atoms with E-state index in [-0.39, 0.29) is 24.0 Å². The van der Waals surface area contributed by atoms with Gasteiger partial charge in [-0.2, -0.15) is 0 Å². The molecule has 5 aromatic rings. The van der Waals surface area contributed by atoms with E-state index in [4.69, 9.17) is 9.53 Å². The van der Waals surface area contributed by atoms with Crippen LogP contribution >= 0.6 is 0 Å². The average Bonchev–Trinajstić information content (AvgIpc) is 4.15. The highest BCUT2D eigenvalue weighted by molar-refractivity contribution is 5.83. The van der Waals surface area contributed by atoms with Gasteiger partial charge >= 0.3 is 6.09 Å². The molecule has 7 rings (SSSR count). The van der Waals surface area contributed by atoms with Crippen molar-refractivity contribution >= 4 is 37.6 Å².